The van der Waals surface area contributed by atoms with Crippen LogP contribution in [-0.4, -0.2) is 41.1 Å². The van der Waals surface area contributed by atoms with E-state index in [1.807, 2.05) is 29.2 Å². The lowest BCUT2D eigenvalue weighted by atomic mass is 10.0. The van der Waals surface area contributed by atoms with Crippen molar-refractivity contribution >= 4 is 28.6 Å². The van der Waals surface area contributed by atoms with Gasteiger partial charge in [-0.25, -0.2) is 9.18 Å². The quantitative estimate of drug-likeness (QED) is 0.358. The van der Waals surface area contributed by atoms with Crippen LogP contribution < -0.4 is 15.4 Å². The summed E-state index contributed by atoms with van der Waals surface area (Å²) < 4.78 is 20.1. The van der Waals surface area contributed by atoms with Gasteiger partial charge >= 0.3 is 6.03 Å². The molecular formula is C24H31FIN3O2. The predicted octanol–water partition coefficient (Wildman–Crippen LogP) is 4.74. The third kappa shape index (κ3) is 7.64. The number of nitrogens with one attached hydrogen (secondary N) is 2. The molecule has 1 atom stereocenters. The van der Waals surface area contributed by atoms with Crippen LogP contribution in [0.4, 0.5) is 9.18 Å². The van der Waals surface area contributed by atoms with Gasteiger partial charge in [0.25, 0.3) is 0 Å². The highest BCUT2D eigenvalue weighted by molar-refractivity contribution is 14.1. The molecule has 1 aliphatic rings. The lowest BCUT2D eigenvalue weighted by Crippen LogP contribution is -2.49. The Morgan fingerprint density at radius 3 is 2.45 bits per heavy atom. The molecule has 5 nitrogen and oxygen atoms in total. The minimum Gasteiger partial charge on any atom is -0.493 e. The second kappa shape index (κ2) is 12.2. The van der Waals surface area contributed by atoms with E-state index >= 15 is 0 Å². The van der Waals surface area contributed by atoms with E-state index < -0.39 is 0 Å². The van der Waals surface area contributed by atoms with Crippen LogP contribution in [0, 0.1) is 11.7 Å². The molecule has 0 aliphatic carbocycles. The molecule has 0 spiro atoms. The summed E-state index contributed by atoms with van der Waals surface area (Å²) in [6, 6.07) is 14.3. The van der Waals surface area contributed by atoms with Crippen molar-refractivity contribution in [3.05, 3.63) is 65.5 Å². The lowest BCUT2D eigenvalue weighted by Gasteiger charge is -2.35. The third-order valence-corrected chi connectivity index (χ3v) is 6.95. The van der Waals surface area contributed by atoms with Gasteiger partial charge in [-0.3, -0.25) is 0 Å². The summed E-state index contributed by atoms with van der Waals surface area (Å²) in [6.45, 7) is 5.59. The second-order valence-corrected chi connectivity index (χ2v) is 8.99. The normalized spacial score (nSPS) is 15.3. The van der Waals surface area contributed by atoms with Crippen LogP contribution in [0.1, 0.15) is 30.9 Å². The van der Waals surface area contributed by atoms with Crippen LogP contribution in [-0.2, 0) is 13.1 Å². The van der Waals surface area contributed by atoms with E-state index in [1.54, 1.807) is 12.1 Å². The van der Waals surface area contributed by atoms with Crippen molar-refractivity contribution in [1.82, 2.24) is 15.5 Å². The maximum Gasteiger partial charge on any atom is 0.318 e. The molecule has 1 fully saturated rings. The molecule has 1 aliphatic heterocycles. The van der Waals surface area contributed by atoms with Gasteiger partial charge in [-0.2, -0.15) is 0 Å². The summed E-state index contributed by atoms with van der Waals surface area (Å²) in [6.07, 6.45) is 1.83. The first-order valence-corrected chi connectivity index (χ1v) is 12.3. The molecule has 2 aromatic carbocycles. The number of ether oxygens (including phenoxy) is 1. The monoisotopic (exact) mass is 539 g/mol. The number of carbonyl (C=O) groups excluding carboxylic acids is 1. The van der Waals surface area contributed by atoms with Crippen molar-refractivity contribution in [1.29, 1.82) is 0 Å². The van der Waals surface area contributed by atoms with Crippen LogP contribution in [0.25, 0.3) is 0 Å². The van der Waals surface area contributed by atoms with Gasteiger partial charge in [0.1, 0.15) is 11.6 Å². The molecule has 0 saturated carbocycles. The molecule has 31 heavy (non-hydrogen) atoms. The predicted molar refractivity (Wildman–Crippen MR) is 130 cm³/mol. The molecule has 2 N–H and O–H groups in total. The Labute approximate surface area is 197 Å². The summed E-state index contributed by atoms with van der Waals surface area (Å²) in [7, 11) is 0. The van der Waals surface area contributed by atoms with Gasteiger partial charge in [-0.1, -0.05) is 53.8 Å². The standard InChI is InChI=1S/C24H31FIN3O2/c1-18(14-26)17-31-23-8-4-19(5-9-23)15-28-24(30)29(22-10-12-27-13-11-22)16-20-2-6-21(25)7-3-20/h2-9,18,22,27H,10-17H2,1H3,(H,28,30). The molecule has 0 radical (unpaired) electrons. The first-order chi connectivity index (χ1) is 15.0. The zero-order valence-corrected chi connectivity index (χ0v) is 20.1. The Morgan fingerprint density at radius 1 is 1.16 bits per heavy atom. The third-order valence-electron chi connectivity index (χ3n) is 5.44. The first kappa shape index (κ1) is 23.8. The highest BCUT2D eigenvalue weighted by Gasteiger charge is 2.25. The number of hydrogen-bond acceptors (Lipinski definition) is 3. The molecule has 168 valence electrons. The summed E-state index contributed by atoms with van der Waals surface area (Å²) in [4.78, 5) is 14.9. The number of alkyl halides is 1. The average Bonchev–Trinajstić information content (AvgIpc) is 2.81. The second-order valence-electron chi connectivity index (χ2n) is 8.11. The number of amides is 2. The average molecular weight is 539 g/mol. The molecule has 3 rings (SSSR count). The van der Waals surface area contributed by atoms with Gasteiger partial charge in [-0.05, 0) is 67.2 Å². The van der Waals surface area contributed by atoms with Crippen molar-refractivity contribution < 1.29 is 13.9 Å². The number of urea groups is 1. The Morgan fingerprint density at radius 2 is 1.81 bits per heavy atom. The van der Waals surface area contributed by atoms with E-state index in [4.69, 9.17) is 4.74 Å². The van der Waals surface area contributed by atoms with E-state index in [0.29, 0.717) is 25.6 Å². The number of benzene rings is 2. The Balaban J connectivity index is 1.58. The summed E-state index contributed by atoms with van der Waals surface area (Å²) in [5, 5.41) is 6.40. The fourth-order valence-corrected chi connectivity index (χ4v) is 3.79. The molecule has 7 heteroatoms. The Kier molecular flexibility index (Phi) is 9.39. The van der Waals surface area contributed by atoms with Crippen LogP contribution in [0.5, 0.6) is 5.75 Å². The minimum absolute atomic E-state index is 0.0903. The van der Waals surface area contributed by atoms with Crippen molar-refractivity contribution in [2.24, 2.45) is 5.92 Å². The van der Waals surface area contributed by atoms with Gasteiger partial charge in [-0.15, -0.1) is 0 Å². The minimum atomic E-state index is -0.266. The fourth-order valence-electron chi connectivity index (χ4n) is 3.54. The van der Waals surface area contributed by atoms with E-state index in [-0.39, 0.29) is 17.9 Å². The lowest BCUT2D eigenvalue weighted by molar-refractivity contribution is 0.154. The van der Waals surface area contributed by atoms with Crippen LogP contribution in [0.2, 0.25) is 0 Å². The highest BCUT2D eigenvalue weighted by atomic mass is 127. The number of nitrogens with zero attached hydrogens (tertiary/aromatic N) is 1. The largest absolute Gasteiger partial charge is 0.493 e. The fraction of sp³-hybridized carbons (Fsp3) is 0.458. The molecule has 1 unspecified atom stereocenters. The van der Waals surface area contributed by atoms with Gasteiger partial charge in [0, 0.05) is 23.6 Å². The van der Waals surface area contributed by atoms with Crippen molar-refractivity contribution in [3.8, 4) is 5.75 Å². The first-order valence-electron chi connectivity index (χ1n) is 10.8. The molecule has 1 saturated heterocycles. The van der Waals surface area contributed by atoms with Crippen LogP contribution in [0.15, 0.2) is 48.5 Å². The summed E-state index contributed by atoms with van der Waals surface area (Å²) in [5.41, 5.74) is 1.95. The van der Waals surface area contributed by atoms with Gasteiger partial charge in [0.2, 0.25) is 0 Å². The van der Waals surface area contributed by atoms with Crippen LogP contribution in [0.3, 0.4) is 0 Å². The van der Waals surface area contributed by atoms with Crippen molar-refractivity contribution in [2.75, 3.05) is 24.1 Å². The molecule has 0 aromatic heterocycles. The molecule has 2 aromatic rings. The van der Waals surface area contributed by atoms with Crippen molar-refractivity contribution in [2.45, 2.75) is 38.9 Å². The Bertz CT molecular complexity index is 811. The van der Waals surface area contributed by atoms with Crippen LogP contribution >= 0.6 is 22.6 Å². The number of piperidine rings is 1. The smallest absolute Gasteiger partial charge is 0.318 e. The van der Waals surface area contributed by atoms with Gasteiger partial charge < -0.3 is 20.3 Å². The topological polar surface area (TPSA) is 53.6 Å². The van der Waals surface area contributed by atoms with E-state index in [2.05, 4.69) is 40.1 Å². The highest BCUT2D eigenvalue weighted by Crippen LogP contribution is 2.18. The van der Waals surface area contributed by atoms with E-state index in [9.17, 15) is 9.18 Å². The number of rotatable bonds is 9. The van der Waals surface area contributed by atoms with Gasteiger partial charge in [0.05, 0.1) is 6.61 Å². The van der Waals surface area contributed by atoms with E-state index in [0.717, 1.165) is 47.2 Å². The van der Waals surface area contributed by atoms with E-state index in [1.165, 1.54) is 12.1 Å². The summed E-state index contributed by atoms with van der Waals surface area (Å²) in [5.74, 6) is 1.10. The zero-order valence-electron chi connectivity index (χ0n) is 17.9. The Hall–Kier alpha value is -1.87. The number of halogens is 2. The zero-order chi connectivity index (χ0) is 22.1. The van der Waals surface area contributed by atoms with Crippen molar-refractivity contribution in [3.63, 3.8) is 0 Å². The number of carbonyl (C=O) groups is 1. The molecule has 1 heterocycles. The SMILES string of the molecule is CC(CI)COc1ccc(CNC(=O)N(Cc2ccc(F)cc2)C2CCNCC2)cc1. The number of hydrogen-bond donors (Lipinski definition) is 2. The maximum atomic E-state index is 13.3. The molecule has 0 bridgehead atoms. The molecular weight excluding hydrogens is 508 g/mol. The summed E-state index contributed by atoms with van der Waals surface area (Å²) >= 11 is 2.36. The van der Waals surface area contributed by atoms with Gasteiger partial charge in [0.15, 0.2) is 0 Å². The molecule has 2 amide bonds. The maximum absolute atomic E-state index is 13.3.